The average Bonchev–Trinajstić information content (AvgIpc) is 2.66. The van der Waals surface area contributed by atoms with E-state index in [1.165, 1.54) is 10.9 Å². The highest BCUT2D eigenvalue weighted by molar-refractivity contribution is 5.83. The lowest BCUT2D eigenvalue weighted by Gasteiger charge is -2.01. The van der Waals surface area contributed by atoms with E-state index in [4.69, 9.17) is 0 Å². The average molecular weight is 241 g/mol. The Bertz CT molecular complexity index is 355. The van der Waals surface area contributed by atoms with Crippen LogP contribution >= 0.6 is 0 Å². The van der Waals surface area contributed by atoms with Gasteiger partial charge in [-0.1, -0.05) is 5.21 Å². The molecule has 0 fully saturated rings. The number of hydrogen-bond acceptors (Lipinski definition) is 5. The molecule has 0 spiro atoms. The van der Waals surface area contributed by atoms with Crippen LogP contribution in [0.4, 0.5) is 10.6 Å². The van der Waals surface area contributed by atoms with Crippen molar-refractivity contribution in [3.63, 3.8) is 0 Å². The van der Waals surface area contributed by atoms with Crippen LogP contribution in [0, 0.1) is 0 Å². The van der Waals surface area contributed by atoms with Gasteiger partial charge < -0.3 is 10.1 Å². The van der Waals surface area contributed by atoms with Crippen LogP contribution < -0.4 is 10.6 Å². The number of nitrogens with zero attached hydrogens (tertiary/aromatic N) is 3. The molecule has 0 radical (unpaired) electrons. The Labute approximate surface area is 98.3 Å². The van der Waals surface area contributed by atoms with Gasteiger partial charge >= 0.3 is 6.09 Å². The Balaban J connectivity index is 2.47. The molecule has 0 saturated heterocycles. The quantitative estimate of drug-likeness (QED) is 0.755. The lowest BCUT2D eigenvalue weighted by atomic mass is 10.5. The van der Waals surface area contributed by atoms with Gasteiger partial charge in [-0.25, -0.2) is 9.48 Å². The Morgan fingerprint density at radius 2 is 2.24 bits per heavy atom. The molecule has 0 aliphatic rings. The van der Waals surface area contributed by atoms with Crippen molar-refractivity contribution in [3.8, 4) is 0 Å². The van der Waals surface area contributed by atoms with E-state index < -0.39 is 6.09 Å². The number of ether oxygens (including phenoxy) is 1. The van der Waals surface area contributed by atoms with Gasteiger partial charge in [-0.2, -0.15) is 0 Å². The van der Waals surface area contributed by atoms with Crippen molar-refractivity contribution in [2.24, 2.45) is 0 Å². The molecule has 2 amide bonds. The van der Waals surface area contributed by atoms with Crippen LogP contribution in [0.1, 0.15) is 13.8 Å². The van der Waals surface area contributed by atoms with Crippen LogP contribution in [-0.4, -0.2) is 40.1 Å². The highest BCUT2D eigenvalue weighted by Crippen LogP contribution is 2.00. The maximum absolute atomic E-state index is 11.2. The second-order valence-corrected chi connectivity index (χ2v) is 3.10. The van der Waals surface area contributed by atoms with E-state index >= 15 is 0 Å². The lowest BCUT2D eigenvalue weighted by molar-refractivity contribution is -0.121. The fourth-order valence-electron chi connectivity index (χ4n) is 1.10. The van der Waals surface area contributed by atoms with Gasteiger partial charge in [-0.15, -0.1) is 5.10 Å². The van der Waals surface area contributed by atoms with Crippen molar-refractivity contribution in [1.82, 2.24) is 20.3 Å². The van der Waals surface area contributed by atoms with Gasteiger partial charge in [0.2, 0.25) is 5.91 Å². The summed E-state index contributed by atoms with van der Waals surface area (Å²) in [6.07, 6.45) is 0.851. The summed E-state index contributed by atoms with van der Waals surface area (Å²) in [5, 5.41) is 12.4. The molecule has 0 aromatic carbocycles. The highest BCUT2D eigenvalue weighted by Gasteiger charge is 2.08. The van der Waals surface area contributed by atoms with Crippen LogP contribution in [0.15, 0.2) is 6.20 Å². The zero-order chi connectivity index (χ0) is 12.7. The summed E-state index contributed by atoms with van der Waals surface area (Å²) < 4.78 is 5.99. The van der Waals surface area contributed by atoms with Gasteiger partial charge in [0, 0.05) is 6.54 Å². The first kappa shape index (κ1) is 12.9. The van der Waals surface area contributed by atoms with Gasteiger partial charge in [0.15, 0.2) is 5.82 Å². The maximum atomic E-state index is 11.2. The summed E-state index contributed by atoms with van der Waals surface area (Å²) in [5.74, 6) is 0.0767. The van der Waals surface area contributed by atoms with Crippen molar-refractivity contribution in [2.45, 2.75) is 20.4 Å². The van der Waals surface area contributed by atoms with E-state index in [9.17, 15) is 9.59 Å². The molecule has 0 saturated carbocycles. The topological polar surface area (TPSA) is 98.1 Å². The Morgan fingerprint density at radius 3 is 2.88 bits per heavy atom. The fourth-order valence-corrected chi connectivity index (χ4v) is 1.10. The number of anilines is 1. The molecule has 0 unspecified atom stereocenters. The Kier molecular flexibility index (Phi) is 4.92. The lowest BCUT2D eigenvalue weighted by Crippen LogP contribution is -2.27. The molecule has 8 heteroatoms. The predicted molar refractivity (Wildman–Crippen MR) is 59.4 cm³/mol. The summed E-state index contributed by atoms with van der Waals surface area (Å²) >= 11 is 0. The molecule has 1 aromatic rings. The molecule has 8 nitrogen and oxygen atoms in total. The van der Waals surface area contributed by atoms with E-state index in [1.807, 2.05) is 6.92 Å². The van der Waals surface area contributed by atoms with Crippen molar-refractivity contribution < 1.29 is 14.3 Å². The molecule has 2 N–H and O–H groups in total. The number of likely N-dealkylation sites (N-methyl/N-ethyl adjacent to an activating group) is 1. The standard InChI is InChI=1S/C9H15N5O3/c1-3-10-8(15)6-14-5-7(12-13-14)11-9(16)17-4-2/h5H,3-4,6H2,1-2H3,(H,10,15)(H,11,16). The normalized spacial score (nSPS) is 9.76. The molecule has 0 aliphatic carbocycles. The molecular formula is C9H15N5O3. The van der Waals surface area contributed by atoms with Gasteiger partial charge in [-0.05, 0) is 13.8 Å². The molecular weight excluding hydrogens is 226 g/mol. The minimum atomic E-state index is -0.599. The first-order valence-electron chi connectivity index (χ1n) is 5.26. The first-order valence-corrected chi connectivity index (χ1v) is 5.26. The molecule has 1 rings (SSSR count). The van der Waals surface area contributed by atoms with Gasteiger partial charge in [0.1, 0.15) is 6.54 Å². The van der Waals surface area contributed by atoms with E-state index in [2.05, 4.69) is 25.7 Å². The summed E-state index contributed by atoms with van der Waals surface area (Å²) in [5.41, 5.74) is 0. The third-order valence-electron chi connectivity index (χ3n) is 1.72. The van der Waals surface area contributed by atoms with Crippen LogP contribution in [0.3, 0.4) is 0 Å². The molecule has 0 aliphatic heterocycles. The number of aromatic nitrogens is 3. The number of carbonyl (C=O) groups excluding carboxylic acids is 2. The largest absolute Gasteiger partial charge is 0.450 e. The number of hydrogen-bond donors (Lipinski definition) is 2. The third kappa shape index (κ3) is 4.49. The number of carbonyl (C=O) groups is 2. The van der Waals surface area contributed by atoms with E-state index in [1.54, 1.807) is 6.92 Å². The monoisotopic (exact) mass is 241 g/mol. The van der Waals surface area contributed by atoms with E-state index in [-0.39, 0.29) is 24.9 Å². The second kappa shape index (κ2) is 6.46. The third-order valence-corrected chi connectivity index (χ3v) is 1.72. The van der Waals surface area contributed by atoms with E-state index in [0.717, 1.165) is 0 Å². The minimum absolute atomic E-state index is 0.0609. The van der Waals surface area contributed by atoms with Crippen molar-refractivity contribution >= 4 is 17.8 Å². The highest BCUT2D eigenvalue weighted by atomic mass is 16.5. The van der Waals surface area contributed by atoms with Crippen LogP contribution in [-0.2, 0) is 16.1 Å². The van der Waals surface area contributed by atoms with Crippen LogP contribution in [0.2, 0.25) is 0 Å². The Hall–Kier alpha value is -2.12. The zero-order valence-corrected chi connectivity index (χ0v) is 9.77. The zero-order valence-electron chi connectivity index (χ0n) is 9.77. The SMILES string of the molecule is CCNC(=O)Cn1cc(NC(=O)OCC)nn1. The first-order chi connectivity index (χ1) is 8.15. The number of amides is 2. The molecule has 0 atom stereocenters. The predicted octanol–water partition coefficient (Wildman–Crippen LogP) is -0.0174. The second-order valence-electron chi connectivity index (χ2n) is 3.10. The van der Waals surface area contributed by atoms with Crippen LogP contribution in [0.25, 0.3) is 0 Å². The van der Waals surface area contributed by atoms with E-state index in [0.29, 0.717) is 6.54 Å². The van der Waals surface area contributed by atoms with Crippen molar-refractivity contribution in [2.75, 3.05) is 18.5 Å². The summed E-state index contributed by atoms with van der Waals surface area (Å²) in [6.45, 7) is 4.42. The Morgan fingerprint density at radius 1 is 1.47 bits per heavy atom. The van der Waals surface area contributed by atoms with Crippen LogP contribution in [0.5, 0.6) is 0 Å². The molecule has 1 heterocycles. The summed E-state index contributed by atoms with van der Waals surface area (Å²) in [6, 6.07) is 0. The molecule has 1 aromatic heterocycles. The van der Waals surface area contributed by atoms with Gasteiger partial charge in [-0.3, -0.25) is 10.1 Å². The number of nitrogens with one attached hydrogen (secondary N) is 2. The minimum Gasteiger partial charge on any atom is -0.450 e. The maximum Gasteiger partial charge on any atom is 0.412 e. The summed E-state index contributed by atoms with van der Waals surface area (Å²) in [7, 11) is 0. The fraction of sp³-hybridized carbons (Fsp3) is 0.556. The van der Waals surface area contributed by atoms with Crippen molar-refractivity contribution in [1.29, 1.82) is 0 Å². The molecule has 94 valence electrons. The van der Waals surface area contributed by atoms with Crippen molar-refractivity contribution in [3.05, 3.63) is 6.20 Å². The van der Waals surface area contributed by atoms with Gasteiger partial charge in [0.25, 0.3) is 0 Å². The molecule has 17 heavy (non-hydrogen) atoms. The molecule has 0 bridgehead atoms. The smallest absolute Gasteiger partial charge is 0.412 e. The summed E-state index contributed by atoms with van der Waals surface area (Å²) in [4.78, 5) is 22.3. The van der Waals surface area contributed by atoms with Gasteiger partial charge in [0.05, 0.1) is 12.8 Å². The number of rotatable bonds is 5.